The van der Waals surface area contributed by atoms with Crippen molar-refractivity contribution in [3.63, 3.8) is 0 Å². The molecule has 3 rings (SSSR count). The minimum Gasteiger partial charge on any atom is -0.462 e. The molecule has 0 unspecified atom stereocenters. The molecule has 0 radical (unpaired) electrons. The Balaban J connectivity index is 1.93. The largest absolute Gasteiger partial charge is 0.462 e. The van der Waals surface area contributed by atoms with E-state index in [1.807, 2.05) is 0 Å². The van der Waals surface area contributed by atoms with E-state index in [1.165, 1.54) is 18.3 Å². The smallest absolute Gasteiger partial charge is 0.339 e. The van der Waals surface area contributed by atoms with Crippen molar-refractivity contribution in [2.75, 3.05) is 6.61 Å². The number of hydrogen-bond donors (Lipinski definition) is 1. The molecule has 3 aromatic heterocycles. The maximum atomic E-state index is 12.4. The van der Waals surface area contributed by atoms with Gasteiger partial charge in [0.05, 0.1) is 23.4 Å². The van der Waals surface area contributed by atoms with Gasteiger partial charge in [0, 0.05) is 17.3 Å². The molecule has 0 atom stereocenters. The van der Waals surface area contributed by atoms with Crippen molar-refractivity contribution >= 4 is 27.1 Å². The molecular weight excluding hydrogens is 402 g/mol. The van der Waals surface area contributed by atoms with Crippen LogP contribution in [0, 0.1) is 6.92 Å². The van der Waals surface area contributed by atoms with E-state index in [0.29, 0.717) is 16.4 Å². The summed E-state index contributed by atoms with van der Waals surface area (Å²) in [5, 5.41) is 1.86. The van der Waals surface area contributed by atoms with Gasteiger partial charge in [-0.3, -0.25) is 4.79 Å². The Kier molecular flexibility index (Phi) is 5.71. The van der Waals surface area contributed by atoms with Crippen molar-refractivity contribution in [2.24, 2.45) is 0 Å². The van der Waals surface area contributed by atoms with Crippen molar-refractivity contribution in [3.05, 3.63) is 62.5 Å². The number of aryl methyl sites for hydroxylation is 1. The highest BCUT2D eigenvalue weighted by Crippen LogP contribution is 2.23. The number of esters is 1. The first kappa shape index (κ1) is 19.9. The molecule has 0 aromatic carbocycles. The summed E-state index contributed by atoms with van der Waals surface area (Å²) in [5.74, 6) is -0.880. The van der Waals surface area contributed by atoms with Crippen LogP contribution >= 0.6 is 11.3 Å². The average molecular weight is 419 g/mol. The van der Waals surface area contributed by atoms with Gasteiger partial charge in [0.15, 0.2) is 5.03 Å². The standard InChI is InChI=1S/C18H17N3O5S2/c1-3-26-18(23)12-8-13(17(22)20-11(12)2)14-9-27-15(21-14)10-28(24,25)16-6-4-5-7-19-16/h4-9H,3,10H2,1-2H3,(H,20,22). The third-order valence-corrected chi connectivity index (χ3v) is 6.40. The molecule has 0 saturated heterocycles. The van der Waals surface area contributed by atoms with Gasteiger partial charge in [-0.05, 0) is 32.0 Å². The van der Waals surface area contributed by atoms with Gasteiger partial charge < -0.3 is 9.72 Å². The number of sulfone groups is 1. The van der Waals surface area contributed by atoms with Crippen LogP contribution in [0.4, 0.5) is 0 Å². The van der Waals surface area contributed by atoms with Crippen LogP contribution in [0.5, 0.6) is 0 Å². The summed E-state index contributed by atoms with van der Waals surface area (Å²) in [7, 11) is -3.65. The molecular formula is C18H17N3O5S2. The Morgan fingerprint density at radius 3 is 2.79 bits per heavy atom. The van der Waals surface area contributed by atoms with Gasteiger partial charge in [-0.2, -0.15) is 0 Å². The van der Waals surface area contributed by atoms with E-state index in [9.17, 15) is 18.0 Å². The fraction of sp³-hybridized carbons (Fsp3) is 0.222. The summed E-state index contributed by atoms with van der Waals surface area (Å²) >= 11 is 1.12. The van der Waals surface area contributed by atoms with Crippen molar-refractivity contribution in [2.45, 2.75) is 24.6 Å². The normalized spacial score (nSPS) is 11.4. The second-order valence-electron chi connectivity index (χ2n) is 5.82. The number of carbonyl (C=O) groups is 1. The summed E-state index contributed by atoms with van der Waals surface area (Å²) in [5.41, 5.74) is 0.664. The molecule has 0 amide bonds. The summed E-state index contributed by atoms with van der Waals surface area (Å²) in [6.07, 6.45) is 1.41. The van der Waals surface area contributed by atoms with Crippen molar-refractivity contribution < 1.29 is 17.9 Å². The molecule has 0 saturated carbocycles. The maximum Gasteiger partial charge on any atom is 0.339 e. The first-order valence-electron chi connectivity index (χ1n) is 8.31. The number of ether oxygens (including phenoxy) is 1. The predicted octanol–water partition coefficient (Wildman–Crippen LogP) is 2.35. The average Bonchev–Trinajstić information content (AvgIpc) is 3.10. The molecule has 28 heavy (non-hydrogen) atoms. The third-order valence-electron chi connectivity index (χ3n) is 3.83. The zero-order valence-electron chi connectivity index (χ0n) is 15.1. The molecule has 3 aromatic rings. The highest BCUT2D eigenvalue weighted by Gasteiger charge is 2.21. The van der Waals surface area contributed by atoms with Gasteiger partial charge in [-0.15, -0.1) is 11.3 Å². The summed E-state index contributed by atoms with van der Waals surface area (Å²) < 4.78 is 29.9. The van der Waals surface area contributed by atoms with Crippen LogP contribution in [0.25, 0.3) is 11.3 Å². The quantitative estimate of drug-likeness (QED) is 0.609. The van der Waals surface area contributed by atoms with Crippen LogP contribution in [0.1, 0.15) is 28.0 Å². The number of rotatable bonds is 6. The second kappa shape index (κ2) is 8.03. The molecule has 1 N–H and O–H groups in total. The summed E-state index contributed by atoms with van der Waals surface area (Å²) in [6, 6.07) is 6.06. The number of pyridine rings is 2. The van der Waals surface area contributed by atoms with Crippen LogP contribution in [-0.2, 0) is 20.3 Å². The summed E-state index contributed by atoms with van der Waals surface area (Å²) in [6.45, 7) is 3.50. The molecule has 3 heterocycles. The van der Waals surface area contributed by atoms with Gasteiger partial charge in [0.1, 0.15) is 10.8 Å². The molecule has 146 valence electrons. The van der Waals surface area contributed by atoms with Crippen LogP contribution in [0.3, 0.4) is 0 Å². The van der Waals surface area contributed by atoms with Crippen LogP contribution in [0.15, 0.2) is 45.7 Å². The van der Waals surface area contributed by atoms with Crippen molar-refractivity contribution in [1.82, 2.24) is 15.0 Å². The van der Waals surface area contributed by atoms with Gasteiger partial charge in [-0.25, -0.2) is 23.2 Å². The first-order valence-corrected chi connectivity index (χ1v) is 10.8. The number of nitrogens with zero attached hydrogens (tertiary/aromatic N) is 2. The lowest BCUT2D eigenvalue weighted by Crippen LogP contribution is -2.16. The minimum atomic E-state index is -3.65. The molecule has 0 aliphatic heterocycles. The molecule has 0 fully saturated rings. The van der Waals surface area contributed by atoms with Gasteiger partial charge in [0.2, 0.25) is 9.84 Å². The SMILES string of the molecule is CCOC(=O)c1cc(-c2csc(CS(=O)(=O)c3ccccn3)n2)c(=O)[nH]c1C. The zero-order valence-corrected chi connectivity index (χ0v) is 16.8. The Labute approximate surface area is 165 Å². The van der Waals surface area contributed by atoms with Crippen LogP contribution in [0.2, 0.25) is 0 Å². The van der Waals surface area contributed by atoms with E-state index in [1.54, 1.807) is 31.4 Å². The third kappa shape index (κ3) is 4.18. The van der Waals surface area contributed by atoms with E-state index in [4.69, 9.17) is 4.74 Å². The Morgan fingerprint density at radius 1 is 1.32 bits per heavy atom. The first-order chi connectivity index (χ1) is 13.3. The van der Waals surface area contributed by atoms with Gasteiger partial charge in [-0.1, -0.05) is 6.07 Å². The van der Waals surface area contributed by atoms with Gasteiger partial charge >= 0.3 is 5.97 Å². The molecule has 0 bridgehead atoms. The number of thiazole rings is 1. The Bertz CT molecular complexity index is 1170. The minimum absolute atomic E-state index is 0.0375. The zero-order chi connectivity index (χ0) is 20.3. The second-order valence-corrected chi connectivity index (χ2v) is 8.70. The number of aromatic amines is 1. The molecule has 0 aliphatic carbocycles. The fourth-order valence-electron chi connectivity index (χ4n) is 2.50. The maximum absolute atomic E-state index is 12.4. The topological polar surface area (TPSA) is 119 Å². The van der Waals surface area contributed by atoms with Crippen molar-refractivity contribution in [1.29, 1.82) is 0 Å². The van der Waals surface area contributed by atoms with Crippen LogP contribution in [-0.4, -0.2) is 35.9 Å². The monoisotopic (exact) mass is 419 g/mol. The molecule has 8 nitrogen and oxygen atoms in total. The Hall–Kier alpha value is -2.85. The van der Waals surface area contributed by atoms with E-state index >= 15 is 0 Å². The predicted molar refractivity (Wildman–Crippen MR) is 104 cm³/mol. The summed E-state index contributed by atoms with van der Waals surface area (Å²) in [4.78, 5) is 35.1. The van der Waals surface area contributed by atoms with E-state index in [0.717, 1.165) is 11.3 Å². The molecule has 10 heteroatoms. The number of nitrogens with one attached hydrogen (secondary N) is 1. The fourth-order valence-corrected chi connectivity index (χ4v) is 4.86. The highest BCUT2D eigenvalue weighted by atomic mass is 32.2. The lowest BCUT2D eigenvalue weighted by Gasteiger charge is -2.06. The van der Waals surface area contributed by atoms with E-state index in [-0.39, 0.29) is 28.5 Å². The van der Waals surface area contributed by atoms with Crippen LogP contribution < -0.4 is 5.56 Å². The number of H-pyrrole nitrogens is 1. The van der Waals surface area contributed by atoms with Gasteiger partial charge in [0.25, 0.3) is 5.56 Å². The van der Waals surface area contributed by atoms with E-state index in [2.05, 4.69) is 15.0 Å². The number of aromatic nitrogens is 3. The van der Waals surface area contributed by atoms with E-state index < -0.39 is 21.4 Å². The van der Waals surface area contributed by atoms with Crippen molar-refractivity contribution in [3.8, 4) is 11.3 Å². The number of hydrogen-bond acceptors (Lipinski definition) is 8. The lowest BCUT2D eigenvalue weighted by molar-refractivity contribution is 0.0525. The molecule has 0 spiro atoms. The highest BCUT2D eigenvalue weighted by molar-refractivity contribution is 7.90. The lowest BCUT2D eigenvalue weighted by atomic mass is 10.1. The Morgan fingerprint density at radius 2 is 2.11 bits per heavy atom. The molecule has 0 aliphatic rings. The number of carbonyl (C=O) groups excluding carboxylic acids is 1.